The van der Waals surface area contributed by atoms with E-state index in [0.29, 0.717) is 37.3 Å². The van der Waals surface area contributed by atoms with Crippen LogP contribution >= 0.6 is 11.8 Å². The van der Waals surface area contributed by atoms with Crippen molar-refractivity contribution in [3.8, 4) is 0 Å². The molecule has 2 aliphatic rings. The zero-order valence-electron chi connectivity index (χ0n) is 13.3. The number of rotatable bonds is 6. The highest BCUT2D eigenvalue weighted by Crippen LogP contribution is 2.26. The number of piperidine rings is 1. The van der Waals surface area contributed by atoms with Gasteiger partial charge in [-0.1, -0.05) is 13.8 Å². The van der Waals surface area contributed by atoms with Crippen molar-refractivity contribution < 1.29 is 8.42 Å². The highest BCUT2D eigenvalue weighted by molar-refractivity contribution is 8.00. The second kappa shape index (κ2) is 8.15. The molecule has 0 radical (unpaired) electrons. The zero-order valence-corrected chi connectivity index (χ0v) is 14.9. The molecule has 124 valence electrons. The maximum Gasteiger partial charge on any atom is 0.282 e. The van der Waals surface area contributed by atoms with Crippen molar-refractivity contribution in [3.05, 3.63) is 0 Å². The van der Waals surface area contributed by atoms with Gasteiger partial charge in [-0.3, -0.25) is 0 Å². The van der Waals surface area contributed by atoms with Crippen LogP contribution in [0.25, 0.3) is 0 Å². The molecule has 0 aromatic rings. The smallest absolute Gasteiger partial charge is 0.282 e. The minimum atomic E-state index is -3.26. The van der Waals surface area contributed by atoms with E-state index < -0.39 is 10.2 Å². The predicted octanol–water partition coefficient (Wildman–Crippen LogP) is 1.38. The molecule has 2 heterocycles. The van der Waals surface area contributed by atoms with E-state index in [1.807, 2.05) is 11.8 Å². The van der Waals surface area contributed by atoms with Crippen molar-refractivity contribution in [2.45, 2.75) is 38.4 Å². The molecule has 2 atom stereocenters. The average Bonchev–Trinajstić information content (AvgIpc) is 2.53. The molecule has 0 aliphatic carbocycles. The van der Waals surface area contributed by atoms with E-state index in [4.69, 9.17) is 0 Å². The molecule has 21 heavy (non-hydrogen) atoms. The van der Waals surface area contributed by atoms with Crippen LogP contribution in [-0.2, 0) is 10.2 Å². The lowest BCUT2D eigenvalue weighted by molar-refractivity contribution is 0.243. The van der Waals surface area contributed by atoms with Crippen LogP contribution in [0.2, 0.25) is 0 Å². The first-order valence-electron chi connectivity index (χ1n) is 8.15. The fraction of sp³-hybridized carbons (Fsp3) is 1.00. The van der Waals surface area contributed by atoms with Gasteiger partial charge < -0.3 is 5.32 Å². The van der Waals surface area contributed by atoms with Crippen LogP contribution in [0, 0.1) is 5.92 Å². The molecule has 5 nitrogen and oxygen atoms in total. The number of hydrogen-bond acceptors (Lipinski definition) is 4. The monoisotopic (exact) mass is 335 g/mol. The van der Waals surface area contributed by atoms with Gasteiger partial charge in [0.2, 0.25) is 0 Å². The van der Waals surface area contributed by atoms with Gasteiger partial charge in [-0.15, -0.1) is 0 Å². The molecule has 2 saturated heterocycles. The summed E-state index contributed by atoms with van der Waals surface area (Å²) in [6.07, 6.45) is 3.15. The Morgan fingerprint density at radius 1 is 1.19 bits per heavy atom. The third-order valence-corrected chi connectivity index (χ3v) is 7.71. The van der Waals surface area contributed by atoms with Crippen LogP contribution in [0.3, 0.4) is 0 Å². The van der Waals surface area contributed by atoms with Crippen molar-refractivity contribution in [2.24, 2.45) is 5.92 Å². The SMILES string of the molecule is CCNCC1CCCN(S(=O)(=O)N2CCSC(CC)C2)C1. The third-order valence-electron chi connectivity index (χ3n) is 4.37. The summed E-state index contributed by atoms with van der Waals surface area (Å²) in [5.41, 5.74) is 0. The van der Waals surface area contributed by atoms with Gasteiger partial charge in [0.25, 0.3) is 10.2 Å². The van der Waals surface area contributed by atoms with E-state index in [9.17, 15) is 8.42 Å². The summed E-state index contributed by atoms with van der Waals surface area (Å²) < 4.78 is 29.1. The van der Waals surface area contributed by atoms with Gasteiger partial charge in [-0.2, -0.15) is 28.8 Å². The van der Waals surface area contributed by atoms with Crippen molar-refractivity contribution in [1.29, 1.82) is 0 Å². The Balaban J connectivity index is 1.97. The molecule has 0 saturated carbocycles. The number of hydrogen-bond donors (Lipinski definition) is 1. The quantitative estimate of drug-likeness (QED) is 0.797. The predicted molar refractivity (Wildman–Crippen MR) is 89.9 cm³/mol. The molecule has 2 fully saturated rings. The van der Waals surface area contributed by atoms with Crippen LogP contribution in [0.4, 0.5) is 0 Å². The third kappa shape index (κ3) is 4.58. The van der Waals surface area contributed by atoms with Gasteiger partial charge in [0.15, 0.2) is 0 Å². The number of nitrogens with zero attached hydrogens (tertiary/aromatic N) is 2. The highest BCUT2D eigenvalue weighted by Gasteiger charge is 2.35. The lowest BCUT2D eigenvalue weighted by Gasteiger charge is -2.38. The van der Waals surface area contributed by atoms with E-state index in [-0.39, 0.29) is 0 Å². The maximum absolute atomic E-state index is 12.8. The van der Waals surface area contributed by atoms with Gasteiger partial charge in [-0.25, -0.2) is 0 Å². The largest absolute Gasteiger partial charge is 0.317 e. The Bertz CT molecular complexity index is 416. The summed E-state index contributed by atoms with van der Waals surface area (Å²) in [7, 11) is -3.26. The standard InChI is InChI=1S/C14H29N3O2S2/c1-3-14-12-17(8-9-20-14)21(18,19)16-7-5-6-13(11-16)10-15-4-2/h13-15H,3-12H2,1-2H3. The summed E-state index contributed by atoms with van der Waals surface area (Å²) in [5, 5.41) is 3.80. The first-order chi connectivity index (χ1) is 10.1. The van der Waals surface area contributed by atoms with Crippen LogP contribution in [-0.4, -0.2) is 67.3 Å². The van der Waals surface area contributed by atoms with Crippen molar-refractivity contribution in [3.63, 3.8) is 0 Å². The molecule has 2 unspecified atom stereocenters. The minimum Gasteiger partial charge on any atom is -0.317 e. The fourth-order valence-corrected chi connectivity index (χ4v) is 6.23. The van der Waals surface area contributed by atoms with Gasteiger partial charge in [0.05, 0.1) is 0 Å². The van der Waals surface area contributed by atoms with Crippen molar-refractivity contribution in [1.82, 2.24) is 13.9 Å². The van der Waals surface area contributed by atoms with Crippen LogP contribution < -0.4 is 5.32 Å². The second-order valence-corrected chi connectivity index (χ2v) is 9.28. The van der Waals surface area contributed by atoms with E-state index in [1.165, 1.54) is 0 Å². The van der Waals surface area contributed by atoms with E-state index in [0.717, 1.165) is 38.1 Å². The molecule has 2 rings (SSSR count). The normalized spacial score (nSPS) is 29.6. The number of nitrogens with one attached hydrogen (secondary N) is 1. The van der Waals surface area contributed by atoms with E-state index in [2.05, 4.69) is 19.2 Å². The summed E-state index contributed by atoms with van der Waals surface area (Å²) >= 11 is 1.91. The Morgan fingerprint density at radius 2 is 1.95 bits per heavy atom. The van der Waals surface area contributed by atoms with Crippen LogP contribution in [0.5, 0.6) is 0 Å². The van der Waals surface area contributed by atoms with Crippen molar-refractivity contribution in [2.75, 3.05) is 45.0 Å². The summed E-state index contributed by atoms with van der Waals surface area (Å²) in [4.78, 5) is 0. The highest BCUT2D eigenvalue weighted by atomic mass is 32.2. The lowest BCUT2D eigenvalue weighted by Crippen LogP contribution is -2.52. The van der Waals surface area contributed by atoms with E-state index in [1.54, 1.807) is 8.61 Å². The fourth-order valence-electron chi connectivity index (χ4n) is 3.06. The van der Waals surface area contributed by atoms with Crippen molar-refractivity contribution >= 4 is 22.0 Å². The summed E-state index contributed by atoms with van der Waals surface area (Å²) in [6.45, 7) is 8.81. The van der Waals surface area contributed by atoms with Crippen LogP contribution in [0.15, 0.2) is 0 Å². The molecule has 7 heteroatoms. The molecule has 2 aliphatic heterocycles. The Hall–Kier alpha value is 0.180. The lowest BCUT2D eigenvalue weighted by atomic mass is 10.00. The topological polar surface area (TPSA) is 52.7 Å². The Kier molecular flexibility index (Phi) is 6.80. The van der Waals surface area contributed by atoms with Gasteiger partial charge >= 0.3 is 0 Å². The Labute approximate surface area is 134 Å². The molecule has 0 aromatic heterocycles. The molecule has 0 spiro atoms. The first-order valence-corrected chi connectivity index (χ1v) is 10.6. The van der Waals surface area contributed by atoms with E-state index >= 15 is 0 Å². The minimum absolute atomic E-state index is 0.453. The maximum atomic E-state index is 12.8. The molecular weight excluding hydrogens is 306 g/mol. The molecule has 0 amide bonds. The second-order valence-electron chi connectivity index (χ2n) is 5.94. The number of thioether (sulfide) groups is 1. The summed E-state index contributed by atoms with van der Waals surface area (Å²) in [5.74, 6) is 1.38. The van der Waals surface area contributed by atoms with Crippen LogP contribution in [0.1, 0.15) is 33.1 Å². The molecule has 0 bridgehead atoms. The molecule has 0 aromatic carbocycles. The first kappa shape index (κ1) is 17.5. The molecular formula is C14H29N3O2S2. The summed E-state index contributed by atoms with van der Waals surface area (Å²) in [6, 6.07) is 0. The van der Waals surface area contributed by atoms with Gasteiger partial charge in [0.1, 0.15) is 0 Å². The van der Waals surface area contributed by atoms with Gasteiger partial charge in [-0.05, 0) is 38.3 Å². The van der Waals surface area contributed by atoms with Gasteiger partial charge in [0, 0.05) is 37.2 Å². The Morgan fingerprint density at radius 3 is 2.67 bits per heavy atom. The zero-order chi connectivity index (χ0) is 15.3. The average molecular weight is 336 g/mol. The molecule has 1 N–H and O–H groups in total.